The molecule has 0 saturated heterocycles. The van der Waals surface area contributed by atoms with Crippen LogP contribution in [0, 0.1) is 5.92 Å². The van der Waals surface area contributed by atoms with Gasteiger partial charge < -0.3 is 15.5 Å². The number of rotatable bonds is 5. The summed E-state index contributed by atoms with van der Waals surface area (Å²) < 4.78 is 1.04. The molecule has 1 fully saturated rings. The van der Waals surface area contributed by atoms with Gasteiger partial charge in [-0.2, -0.15) is 0 Å². The van der Waals surface area contributed by atoms with E-state index in [1.165, 1.54) is 35.6 Å². The second kappa shape index (κ2) is 4.86. The summed E-state index contributed by atoms with van der Waals surface area (Å²) in [6.45, 7) is 3.21. The molecule has 0 spiro atoms. The summed E-state index contributed by atoms with van der Waals surface area (Å²) in [5.41, 5.74) is 7.06. The minimum Gasteiger partial charge on any atom is -0.365 e. The van der Waals surface area contributed by atoms with Crippen LogP contribution < -0.4 is 11.1 Å². The lowest BCUT2D eigenvalue weighted by Crippen LogP contribution is -2.48. The lowest BCUT2D eigenvalue weighted by atomic mass is 10.0. The van der Waals surface area contributed by atoms with Gasteiger partial charge in [0, 0.05) is 12.3 Å². The molecular weight excluding hydrogens is 274 g/mol. The molecule has 3 rings (SSSR count). The summed E-state index contributed by atoms with van der Waals surface area (Å²) in [7, 11) is 2.29. The number of anilines is 1. The van der Waals surface area contributed by atoms with Crippen molar-refractivity contribution in [3.8, 4) is 0 Å². The quantitative estimate of drug-likeness (QED) is 0.635. The molecule has 2 amide bonds. The van der Waals surface area contributed by atoms with Gasteiger partial charge in [-0.1, -0.05) is 0 Å². The number of quaternary nitrogens is 1. The molecule has 1 unspecified atom stereocenters. The maximum Gasteiger partial charge on any atom is 0.252 e. The molecular formula is C14H20N3O2S+. The van der Waals surface area contributed by atoms with Gasteiger partial charge in [-0.15, -0.1) is 11.3 Å². The Morgan fingerprint density at radius 3 is 2.90 bits per heavy atom. The van der Waals surface area contributed by atoms with E-state index in [1.807, 2.05) is 0 Å². The van der Waals surface area contributed by atoms with Crippen molar-refractivity contribution in [2.45, 2.75) is 25.8 Å². The predicted molar refractivity (Wildman–Crippen MR) is 78.6 cm³/mol. The van der Waals surface area contributed by atoms with Crippen molar-refractivity contribution in [2.75, 3.05) is 25.5 Å². The molecule has 2 aliphatic rings. The molecule has 0 radical (unpaired) electrons. The highest BCUT2D eigenvalue weighted by atomic mass is 32.1. The number of likely N-dealkylation sites (N-methyl/N-ethyl adjacent to an activating group) is 1. The molecule has 1 aliphatic carbocycles. The minimum absolute atomic E-state index is 0.440. The van der Waals surface area contributed by atoms with Crippen LogP contribution in [0.4, 0.5) is 5.00 Å². The zero-order chi connectivity index (χ0) is 14.3. The van der Waals surface area contributed by atoms with E-state index in [2.05, 4.69) is 12.4 Å². The Bertz CT molecular complexity index is 565. The first kappa shape index (κ1) is 13.6. The number of nitrogens with zero attached hydrogens (tertiary/aromatic N) is 1. The molecule has 108 valence electrons. The van der Waals surface area contributed by atoms with Crippen LogP contribution in [0.3, 0.4) is 0 Å². The number of amides is 2. The number of fused-ring (bicyclic) bond motifs is 1. The van der Waals surface area contributed by atoms with Crippen molar-refractivity contribution in [1.29, 1.82) is 0 Å². The SMILES string of the molecule is C[N+]1(CC2CC2)CCc2c(sc(NC=O)c2C(N)=O)C1. The van der Waals surface area contributed by atoms with E-state index in [0.717, 1.165) is 35.5 Å². The van der Waals surface area contributed by atoms with E-state index < -0.39 is 5.91 Å². The summed E-state index contributed by atoms with van der Waals surface area (Å²) in [5.74, 6) is 0.440. The molecule has 1 aromatic heterocycles. The van der Waals surface area contributed by atoms with Gasteiger partial charge in [0.1, 0.15) is 11.5 Å². The number of nitrogens with one attached hydrogen (secondary N) is 1. The summed E-state index contributed by atoms with van der Waals surface area (Å²) in [4.78, 5) is 23.5. The van der Waals surface area contributed by atoms with E-state index in [1.54, 1.807) is 0 Å². The second-order valence-corrected chi connectivity index (χ2v) is 7.32. The number of hydrogen-bond donors (Lipinski definition) is 2. The first-order valence-electron chi connectivity index (χ1n) is 7.00. The van der Waals surface area contributed by atoms with Crippen LogP contribution in [0.15, 0.2) is 0 Å². The Labute approximate surface area is 122 Å². The number of primary amides is 1. The maximum atomic E-state index is 11.6. The second-order valence-electron chi connectivity index (χ2n) is 6.21. The molecule has 1 aliphatic heterocycles. The first-order chi connectivity index (χ1) is 9.52. The summed E-state index contributed by atoms with van der Waals surface area (Å²) in [5, 5.41) is 3.23. The zero-order valence-electron chi connectivity index (χ0n) is 11.6. The van der Waals surface area contributed by atoms with Crippen molar-refractivity contribution in [2.24, 2.45) is 11.7 Å². The normalized spacial score (nSPS) is 25.1. The van der Waals surface area contributed by atoms with E-state index in [4.69, 9.17) is 5.73 Å². The van der Waals surface area contributed by atoms with Gasteiger partial charge in [0.15, 0.2) is 0 Å². The largest absolute Gasteiger partial charge is 0.365 e. The van der Waals surface area contributed by atoms with Crippen LogP contribution in [-0.4, -0.2) is 36.9 Å². The molecule has 1 aromatic rings. The number of carbonyl (C=O) groups excluding carboxylic acids is 2. The smallest absolute Gasteiger partial charge is 0.252 e. The van der Waals surface area contributed by atoms with Crippen LogP contribution in [0.25, 0.3) is 0 Å². The van der Waals surface area contributed by atoms with Crippen LogP contribution in [0.1, 0.15) is 33.6 Å². The third-order valence-electron chi connectivity index (χ3n) is 4.35. The van der Waals surface area contributed by atoms with Crippen LogP contribution >= 0.6 is 11.3 Å². The topological polar surface area (TPSA) is 72.2 Å². The van der Waals surface area contributed by atoms with Gasteiger partial charge in [-0.05, 0) is 18.4 Å². The average Bonchev–Trinajstić information content (AvgIpc) is 3.08. The fraction of sp³-hybridized carbons (Fsp3) is 0.571. The lowest BCUT2D eigenvalue weighted by Gasteiger charge is -2.37. The monoisotopic (exact) mass is 294 g/mol. The van der Waals surface area contributed by atoms with Gasteiger partial charge in [0.05, 0.1) is 30.6 Å². The van der Waals surface area contributed by atoms with Crippen molar-refractivity contribution >= 4 is 28.7 Å². The Hall–Kier alpha value is -1.40. The summed E-state index contributed by atoms with van der Waals surface area (Å²) in [6, 6.07) is 0. The highest BCUT2D eigenvalue weighted by Gasteiger charge is 2.38. The third kappa shape index (κ3) is 2.45. The van der Waals surface area contributed by atoms with Crippen LogP contribution in [0.2, 0.25) is 0 Å². The molecule has 0 bridgehead atoms. The molecule has 1 saturated carbocycles. The Balaban J connectivity index is 1.91. The molecule has 2 heterocycles. The van der Waals surface area contributed by atoms with Crippen molar-refractivity contribution in [3.63, 3.8) is 0 Å². The van der Waals surface area contributed by atoms with Gasteiger partial charge in [-0.25, -0.2) is 0 Å². The van der Waals surface area contributed by atoms with Crippen molar-refractivity contribution in [3.05, 3.63) is 16.0 Å². The van der Waals surface area contributed by atoms with Gasteiger partial charge >= 0.3 is 0 Å². The zero-order valence-corrected chi connectivity index (χ0v) is 12.5. The molecule has 1 atom stereocenters. The number of thiophene rings is 1. The summed E-state index contributed by atoms with van der Waals surface area (Å²) in [6.07, 6.45) is 4.20. The first-order valence-corrected chi connectivity index (χ1v) is 7.82. The van der Waals surface area contributed by atoms with Gasteiger partial charge in [0.25, 0.3) is 5.91 Å². The highest BCUT2D eigenvalue weighted by molar-refractivity contribution is 7.16. The van der Waals surface area contributed by atoms with E-state index >= 15 is 0 Å². The Morgan fingerprint density at radius 1 is 1.55 bits per heavy atom. The third-order valence-corrected chi connectivity index (χ3v) is 5.50. The highest BCUT2D eigenvalue weighted by Crippen LogP contribution is 2.40. The van der Waals surface area contributed by atoms with E-state index in [9.17, 15) is 9.59 Å². The fourth-order valence-corrected chi connectivity index (χ4v) is 4.59. The number of hydrogen-bond acceptors (Lipinski definition) is 3. The average molecular weight is 294 g/mol. The standard InChI is InChI=1S/C14H19N3O2S/c1-17(6-9-2-3-9)5-4-10-11(7-17)20-14(16-8-18)12(10)13(15)19/h8-9H,2-7H2,1H3,(H2-,15,16,18,19)/p+1. The number of carbonyl (C=O) groups is 2. The van der Waals surface area contributed by atoms with Crippen molar-refractivity contribution in [1.82, 2.24) is 0 Å². The Kier molecular flexibility index (Phi) is 3.30. The Morgan fingerprint density at radius 2 is 2.30 bits per heavy atom. The predicted octanol–water partition coefficient (Wildman–Crippen LogP) is 1.33. The van der Waals surface area contributed by atoms with Crippen LogP contribution in [-0.2, 0) is 17.8 Å². The molecule has 5 nitrogen and oxygen atoms in total. The van der Waals surface area contributed by atoms with Crippen LogP contribution in [0.5, 0.6) is 0 Å². The molecule has 0 aromatic carbocycles. The van der Waals surface area contributed by atoms with Gasteiger partial charge in [-0.3, -0.25) is 9.59 Å². The maximum absolute atomic E-state index is 11.6. The van der Waals surface area contributed by atoms with Gasteiger partial charge in [0.2, 0.25) is 6.41 Å². The van der Waals surface area contributed by atoms with E-state index in [-0.39, 0.29) is 0 Å². The fourth-order valence-electron chi connectivity index (χ4n) is 3.21. The molecule has 3 N–H and O–H groups in total. The van der Waals surface area contributed by atoms with Crippen molar-refractivity contribution < 1.29 is 14.1 Å². The number of nitrogens with two attached hydrogens (primary N) is 1. The molecule has 6 heteroatoms. The lowest BCUT2D eigenvalue weighted by molar-refractivity contribution is -0.925. The van der Waals surface area contributed by atoms with E-state index in [0.29, 0.717) is 17.0 Å². The summed E-state index contributed by atoms with van der Waals surface area (Å²) >= 11 is 1.51. The minimum atomic E-state index is -0.440. The molecule has 20 heavy (non-hydrogen) atoms.